The molecule has 0 radical (unpaired) electrons. The zero-order valence-corrected chi connectivity index (χ0v) is 7.60. The lowest BCUT2D eigenvalue weighted by Gasteiger charge is -2.01. The van der Waals surface area contributed by atoms with Crippen LogP contribution in [0.25, 0.3) is 10.4 Å². The quantitative estimate of drug-likeness (QED) is 0.421. The number of aryl methyl sites for hydroxylation is 1. The van der Waals surface area contributed by atoms with E-state index in [9.17, 15) is 9.59 Å². The molecule has 7 heteroatoms. The van der Waals surface area contributed by atoms with E-state index in [1.54, 1.807) is 6.92 Å². The summed E-state index contributed by atoms with van der Waals surface area (Å²) in [5.41, 5.74) is 7.62. The maximum absolute atomic E-state index is 11.4. The second-order valence-electron chi connectivity index (χ2n) is 2.69. The minimum atomic E-state index is -0.492. The lowest BCUT2D eigenvalue weighted by molar-refractivity contribution is 0.631. The largest absolute Gasteiger partial charge is 0.328 e. The summed E-state index contributed by atoms with van der Waals surface area (Å²) in [6.07, 6.45) is 1.36. The van der Waals surface area contributed by atoms with E-state index in [-0.39, 0.29) is 18.6 Å². The van der Waals surface area contributed by atoms with Gasteiger partial charge < -0.3 is 4.98 Å². The van der Waals surface area contributed by atoms with Gasteiger partial charge in [0.05, 0.1) is 0 Å². The second-order valence-corrected chi connectivity index (χ2v) is 2.69. The molecule has 0 amide bonds. The summed E-state index contributed by atoms with van der Waals surface area (Å²) in [6, 6.07) is 0. The first kappa shape index (κ1) is 10.1. The Labute approximate surface area is 78.6 Å². The summed E-state index contributed by atoms with van der Waals surface area (Å²) < 4.78 is 1.00. The van der Waals surface area contributed by atoms with Crippen LogP contribution in [0.5, 0.6) is 0 Å². The number of rotatable bonds is 3. The Balaban J connectivity index is 3.07. The molecule has 1 rings (SSSR count). The molecule has 14 heavy (non-hydrogen) atoms. The minimum absolute atomic E-state index is 0.0862. The fraction of sp³-hybridized carbons (Fsp3) is 0.429. The van der Waals surface area contributed by atoms with E-state index < -0.39 is 5.69 Å². The first-order chi connectivity index (χ1) is 6.66. The van der Waals surface area contributed by atoms with E-state index in [1.165, 1.54) is 6.20 Å². The highest BCUT2D eigenvalue weighted by atomic mass is 16.2. The fourth-order valence-corrected chi connectivity index (χ4v) is 1.01. The van der Waals surface area contributed by atoms with Crippen molar-refractivity contribution in [3.05, 3.63) is 43.0 Å². The zero-order valence-electron chi connectivity index (χ0n) is 7.60. The van der Waals surface area contributed by atoms with E-state index >= 15 is 0 Å². The third-order valence-electron chi connectivity index (χ3n) is 1.73. The molecule has 0 aromatic carbocycles. The van der Waals surface area contributed by atoms with Crippen LogP contribution in [0.1, 0.15) is 5.56 Å². The lowest BCUT2D eigenvalue weighted by Crippen LogP contribution is -2.36. The lowest BCUT2D eigenvalue weighted by atomic mass is 10.4. The Bertz CT molecular complexity index is 480. The highest BCUT2D eigenvalue weighted by molar-refractivity contribution is 5.00. The van der Waals surface area contributed by atoms with Crippen molar-refractivity contribution in [2.45, 2.75) is 13.5 Å². The van der Waals surface area contributed by atoms with Crippen LogP contribution in [0.2, 0.25) is 0 Å². The number of hydrogen-bond donors (Lipinski definition) is 1. The Morgan fingerprint density at radius 1 is 1.64 bits per heavy atom. The highest BCUT2D eigenvalue weighted by Gasteiger charge is 2.01. The van der Waals surface area contributed by atoms with Crippen molar-refractivity contribution in [2.24, 2.45) is 5.11 Å². The van der Waals surface area contributed by atoms with Crippen LogP contribution in [-0.2, 0) is 6.54 Å². The van der Waals surface area contributed by atoms with Gasteiger partial charge in [0.25, 0.3) is 5.56 Å². The summed E-state index contributed by atoms with van der Waals surface area (Å²) in [5, 5.41) is 3.25. The average molecular weight is 195 g/mol. The molecule has 1 aromatic rings. The number of azide groups is 1. The summed E-state index contributed by atoms with van der Waals surface area (Å²) >= 11 is 0. The minimum Gasteiger partial charge on any atom is -0.314 e. The smallest absolute Gasteiger partial charge is 0.314 e. The van der Waals surface area contributed by atoms with Gasteiger partial charge in [0, 0.05) is 29.8 Å². The predicted octanol–water partition coefficient (Wildman–Crippen LogP) is 0.155. The second kappa shape index (κ2) is 4.29. The Kier molecular flexibility index (Phi) is 3.09. The molecule has 7 nitrogen and oxygen atoms in total. The van der Waals surface area contributed by atoms with Gasteiger partial charge in [0.15, 0.2) is 0 Å². The molecule has 1 aromatic heterocycles. The number of nitrogens with one attached hydrogen (secondary N) is 1. The molecule has 0 atom stereocenters. The van der Waals surface area contributed by atoms with Gasteiger partial charge in [-0.1, -0.05) is 5.11 Å². The first-order valence-electron chi connectivity index (χ1n) is 3.97. The Morgan fingerprint density at radius 3 is 3.00 bits per heavy atom. The molecule has 0 spiro atoms. The van der Waals surface area contributed by atoms with Crippen LogP contribution in [0.15, 0.2) is 20.9 Å². The van der Waals surface area contributed by atoms with Gasteiger partial charge in [-0.15, -0.1) is 0 Å². The summed E-state index contributed by atoms with van der Waals surface area (Å²) in [4.78, 5) is 27.5. The predicted molar refractivity (Wildman–Crippen MR) is 50.1 cm³/mol. The maximum Gasteiger partial charge on any atom is 0.328 e. The van der Waals surface area contributed by atoms with E-state index in [4.69, 9.17) is 5.53 Å². The van der Waals surface area contributed by atoms with Crippen molar-refractivity contribution in [1.82, 2.24) is 9.55 Å². The Hall–Kier alpha value is -2.01. The molecular weight excluding hydrogens is 186 g/mol. The van der Waals surface area contributed by atoms with Crippen LogP contribution >= 0.6 is 0 Å². The number of aromatic amines is 1. The number of nitrogens with zero attached hydrogens (tertiary/aromatic N) is 4. The van der Waals surface area contributed by atoms with Crippen molar-refractivity contribution in [2.75, 3.05) is 6.54 Å². The SMILES string of the molecule is Cc1c[nH]c(=O)n(CCN=[N+]=[N-])c1=O. The van der Waals surface area contributed by atoms with Crippen molar-refractivity contribution in [1.29, 1.82) is 0 Å². The normalized spacial score (nSPS) is 9.50. The topological polar surface area (TPSA) is 104 Å². The monoisotopic (exact) mass is 195 g/mol. The fourth-order valence-electron chi connectivity index (χ4n) is 1.01. The van der Waals surface area contributed by atoms with Gasteiger partial charge >= 0.3 is 5.69 Å². The standard InChI is InChI=1S/C7H9N5O2/c1-5-4-9-7(14)12(6(5)13)3-2-10-11-8/h4H,2-3H2,1H3,(H,9,14). The molecule has 1 heterocycles. The summed E-state index contributed by atoms with van der Waals surface area (Å²) in [7, 11) is 0. The average Bonchev–Trinajstić information content (AvgIpc) is 2.18. The molecule has 1 N–H and O–H groups in total. The summed E-state index contributed by atoms with van der Waals surface area (Å²) in [5.74, 6) is 0. The zero-order chi connectivity index (χ0) is 10.6. The van der Waals surface area contributed by atoms with E-state index in [0.717, 1.165) is 4.57 Å². The van der Waals surface area contributed by atoms with Gasteiger partial charge in [0.2, 0.25) is 0 Å². The number of H-pyrrole nitrogens is 1. The van der Waals surface area contributed by atoms with Crippen molar-refractivity contribution >= 4 is 0 Å². The van der Waals surface area contributed by atoms with Crippen molar-refractivity contribution in [3.63, 3.8) is 0 Å². The summed E-state index contributed by atoms with van der Waals surface area (Å²) in [6.45, 7) is 1.78. The van der Waals surface area contributed by atoms with Gasteiger partial charge in [0.1, 0.15) is 0 Å². The molecular formula is C7H9N5O2. The Morgan fingerprint density at radius 2 is 2.36 bits per heavy atom. The molecule has 0 saturated heterocycles. The van der Waals surface area contributed by atoms with Crippen molar-refractivity contribution in [3.8, 4) is 0 Å². The van der Waals surface area contributed by atoms with Gasteiger partial charge in [-0.3, -0.25) is 9.36 Å². The van der Waals surface area contributed by atoms with E-state index in [2.05, 4.69) is 15.0 Å². The molecule has 74 valence electrons. The van der Waals surface area contributed by atoms with Gasteiger partial charge in [-0.2, -0.15) is 0 Å². The van der Waals surface area contributed by atoms with Gasteiger partial charge in [-0.25, -0.2) is 4.79 Å². The van der Waals surface area contributed by atoms with Crippen LogP contribution < -0.4 is 11.2 Å². The van der Waals surface area contributed by atoms with Crippen molar-refractivity contribution < 1.29 is 0 Å². The molecule has 0 aliphatic rings. The van der Waals surface area contributed by atoms with Crippen LogP contribution in [0.3, 0.4) is 0 Å². The molecule has 0 bridgehead atoms. The third-order valence-corrected chi connectivity index (χ3v) is 1.73. The highest BCUT2D eigenvalue weighted by Crippen LogP contribution is 1.81. The van der Waals surface area contributed by atoms with E-state index in [1.807, 2.05) is 0 Å². The van der Waals surface area contributed by atoms with Crippen LogP contribution in [-0.4, -0.2) is 16.1 Å². The number of hydrogen-bond acceptors (Lipinski definition) is 3. The van der Waals surface area contributed by atoms with Gasteiger partial charge in [-0.05, 0) is 12.5 Å². The first-order valence-corrected chi connectivity index (χ1v) is 3.97. The molecule has 0 aliphatic heterocycles. The van der Waals surface area contributed by atoms with Crippen LogP contribution in [0, 0.1) is 6.92 Å². The van der Waals surface area contributed by atoms with E-state index in [0.29, 0.717) is 5.56 Å². The third kappa shape index (κ3) is 2.02. The molecule has 0 fully saturated rings. The number of aromatic nitrogens is 2. The van der Waals surface area contributed by atoms with Crippen LogP contribution in [0.4, 0.5) is 0 Å². The molecule has 0 aliphatic carbocycles. The molecule has 0 unspecified atom stereocenters. The maximum atomic E-state index is 11.4. The molecule has 0 saturated carbocycles.